The van der Waals surface area contributed by atoms with Crippen molar-refractivity contribution in [3.8, 4) is 0 Å². The van der Waals surface area contributed by atoms with E-state index >= 15 is 0 Å². The molecule has 0 aliphatic rings. The Morgan fingerprint density at radius 1 is 1.33 bits per heavy atom. The van der Waals surface area contributed by atoms with Crippen molar-refractivity contribution in [2.45, 2.75) is 11.0 Å². The highest BCUT2D eigenvalue weighted by Crippen LogP contribution is 2.27. The first-order valence-corrected chi connectivity index (χ1v) is 9.60. The van der Waals surface area contributed by atoms with Gasteiger partial charge in [0, 0.05) is 26.1 Å². The molecule has 2 rings (SSSR count). The Hall–Kier alpha value is -1.03. The Morgan fingerprint density at radius 3 is 2.54 bits per heavy atom. The number of sulfonamides is 1. The van der Waals surface area contributed by atoms with Gasteiger partial charge < -0.3 is 9.47 Å². The van der Waals surface area contributed by atoms with Crippen LogP contribution in [0, 0.1) is 5.82 Å². The summed E-state index contributed by atoms with van der Waals surface area (Å²) in [7, 11) is -0.770. The van der Waals surface area contributed by atoms with Crippen molar-refractivity contribution in [1.29, 1.82) is 0 Å². The summed E-state index contributed by atoms with van der Waals surface area (Å²) in [5.74, 6) is -0.377. The van der Waals surface area contributed by atoms with Gasteiger partial charge in [0.15, 0.2) is 0 Å². The molecule has 1 aromatic carbocycles. The molecule has 1 atom stereocenters. The first kappa shape index (κ1) is 19.3. The van der Waals surface area contributed by atoms with Crippen molar-refractivity contribution >= 4 is 33.0 Å². The van der Waals surface area contributed by atoms with Gasteiger partial charge in [-0.15, -0.1) is 11.3 Å². The third-order valence-corrected chi connectivity index (χ3v) is 6.34. The van der Waals surface area contributed by atoms with Crippen LogP contribution in [-0.2, 0) is 19.5 Å². The van der Waals surface area contributed by atoms with E-state index in [9.17, 15) is 12.8 Å². The van der Waals surface area contributed by atoms with E-state index in [2.05, 4.69) is 0 Å². The van der Waals surface area contributed by atoms with Crippen molar-refractivity contribution in [1.82, 2.24) is 4.31 Å². The lowest BCUT2D eigenvalue weighted by atomic mass is 10.1. The lowest BCUT2D eigenvalue weighted by Crippen LogP contribution is -2.32. The summed E-state index contributed by atoms with van der Waals surface area (Å²) in [6, 6.07) is 7.10. The molecule has 0 fully saturated rings. The van der Waals surface area contributed by atoms with E-state index in [1.165, 1.54) is 42.0 Å². The van der Waals surface area contributed by atoms with E-state index in [1.807, 2.05) is 0 Å². The monoisotopic (exact) mass is 393 g/mol. The maximum absolute atomic E-state index is 13.1. The smallest absolute Gasteiger partial charge is 0.243 e. The van der Waals surface area contributed by atoms with E-state index in [-0.39, 0.29) is 24.1 Å². The Labute approximate surface area is 149 Å². The molecule has 0 spiro atoms. The molecule has 0 saturated heterocycles. The summed E-state index contributed by atoms with van der Waals surface area (Å²) in [6.07, 6.45) is -0.598. The van der Waals surface area contributed by atoms with Crippen molar-refractivity contribution < 1.29 is 22.3 Å². The lowest BCUT2D eigenvalue weighted by molar-refractivity contribution is -0.0763. The van der Waals surface area contributed by atoms with E-state index in [1.54, 1.807) is 12.1 Å². The topological polar surface area (TPSA) is 55.8 Å². The Bertz CT molecular complexity index is 764. The van der Waals surface area contributed by atoms with Gasteiger partial charge in [-0.25, -0.2) is 12.8 Å². The fourth-order valence-corrected chi connectivity index (χ4v) is 4.49. The third kappa shape index (κ3) is 4.75. The van der Waals surface area contributed by atoms with Gasteiger partial charge in [0.05, 0.1) is 15.3 Å². The number of hydrogen-bond acceptors (Lipinski definition) is 5. The van der Waals surface area contributed by atoms with Crippen LogP contribution in [0.25, 0.3) is 0 Å². The number of methoxy groups -OCH3 is 1. The normalized spacial score (nSPS) is 13.4. The Balaban J connectivity index is 2.20. The predicted molar refractivity (Wildman–Crippen MR) is 91.2 cm³/mol. The second-order valence-electron chi connectivity index (χ2n) is 4.99. The van der Waals surface area contributed by atoms with E-state index < -0.39 is 16.1 Å². The van der Waals surface area contributed by atoms with Crippen LogP contribution in [0.3, 0.4) is 0 Å². The molecule has 2 aromatic rings. The molecular weight excluding hydrogens is 377 g/mol. The molecule has 0 aliphatic carbocycles. The van der Waals surface area contributed by atoms with Crippen LogP contribution >= 0.6 is 22.9 Å². The zero-order chi connectivity index (χ0) is 17.7. The number of nitrogens with zero attached hydrogens (tertiary/aromatic N) is 1. The molecule has 5 nitrogen and oxygen atoms in total. The molecule has 0 saturated carbocycles. The first-order chi connectivity index (χ1) is 11.3. The fraction of sp³-hybridized carbons (Fsp3) is 0.333. The van der Waals surface area contributed by atoms with E-state index in [4.69, 9.17) is 21.1 Å². The van der Waals surface area contributed by atoms with Crippen LogP contribution in [0.1, 0.15) is 11.7 Å². The summed E-state index contributed by atoms with van der Waals surface area (Å²) < 4.78 is 50.2. The quantitative estimate of drug-likeness (QED) is 0.644. The fourth-order valence-electron chi connectivity index (χ4n) is 2.02. The van der Waals surface area contributed by atoms with Crippen LogP contribution in [0.5, 0.6) is 0 Å². The molecule has 0 radical (unpaired) electrons. The SMILES string of the molecule is COCOC(CN(C)S(=O)(=O)c1csc(Cl)c1)c1ccc(F)cc1. The summed E-state index contributed by atoms with van der Waals surface area (Å²) in [4.78, 5) is 0.129. The van der Waals surface area contributed by atoms with Crippen LogP contribution < -0.4 is 0 Å². The van der Waals surface area contributed by atoms with Gasteiger partial charge in [0.25, 0.3) is 0 Å². The molecule has 9 heteroatoms. The number of rotatable bonds is 8. The molecule has 0 N–H and O–H groups in total. The van der Waals surface area contributed by atoms with E-state index in [0.29, 0.717) is 9.90 Å². The molecule has 1 unspecified atom stereocenters. The number of thiophene rings is 1. The number of likely N-dealkylation sites (N-methyl/N-ethyl adjacent to an activating group) is 1. The standard InChI is InChI=1S/C15H17ClFNO4S2/c1-18(24(19,20)13-7-15(16)23-9-13)8-14(22-10-21-2)11-3-5-12(17)6-4-11/h3-7,9,14H,8,10H2,1-2H3. The first-order valence-electron chi connectivity index (χ1n) is 6.91. The molecule has 0 bridgehead atoms. The van der Waals surface area contributed by atoms with Gasteiger partial charge in [0.2, 0.25) is 10.0 Å². The summed E-state index contributed by atoms with van der Waals surface area (Å²) in [5, 5.41) is 1.48. The molecule has 0 aliphatic heterocycles. The third-order valence-electron chi connectivity index (χ3n) is 3.30. The van der Waals surface area contributed by atoms with Crippen molar-refractivity contribution in [2.75, 3.05) is 27.5 Å². The minimum atomic E-state index is -3.69. The van der Waals surface area contributed by atoms with Crippen molar-refractivity contribution in [3.63, 3.8) is 0 Å². The highest BCUT2D eigenvalue weighted by Gasteiger charge is 2.26. The van der Waals surface area contributed by atoms with Crippen LogP contribution in [0.15, 0.2) is 40.6 Å². The van der Waals surface area contributed by atoms with Gasteiger partial charge in [0.1, 0.15) is 12.6 Å². The average Bonchev–Trinajstić information content (AvgIpc) is 2.99. The maximum atomic E-state index is 13.1. The minimum absolute atomic E-state index is 0.0137. The molecule has 24 heavy (non-hydrogen) atoms. The van der Waals surface area contributed by atoms with Gasteiger partial charge in [-0.3, -0.25) is 0 Å². The Morgan fingerprint density at radius 2 is 2.00 bits per heavy atom. The van der Waals surface area contributed by atoms with Crippen molar-refractivity contribution in [3.05, 3.63) is 51.4 Å². The number of halogens is 2. The van der Waals surface area contributed by atoms with Crippen LogP contribution in [-0.4, -0.2) is 40.2 Å². The number of ether oxygens (including phenoxy) is 2. The molecule has 0 amide bonds. The highest BCUT2D eigenvalue weighted by atomic mass is 35.5. The van der Waals surface area contributed by atoms with Gasteiger partial charge >= 0.3 is 0 Å². The molecule has 1 aromatic heterocycles. The van der Waals surface area contributed by atoms with Gasteiger partial charge in [-0.2, -0.15) is 4.31 Å². The minimum Gasteiger partial charge on any atom is -0.359 e. The molecular formula is C15H17ClFNO4S2. The molecule has 132 valence electrons. The maximum Gasteiger partial charge on any atom is 0.243 e. The van der Waals surface area contributed by atoms with Gasteiger partial charge in [-0.05, 0) is 23.8 Å². The average molecular weight is 394 g/mol. The number of benzene rings is 1. The second kappa shape index (κ2) is 8.37. The lowest BCUT2D eigenvalue weighted by Gasteiger charge is -2.24. The zero-order valence-electron chi connectivity index (χ0n) is 13.1. The summed E-state index contributed by atoms with van der Waals surface area (Å²) in [6.45, 7) is 0.0327. The van der Waals surface area contributed by atoms with Crippen LogP contribution in [0.2, 0.25) is 4.34 Å². The Kier molecular flexibility index (Phi) is 6.73. The highest BCUT2D eigenvalue weighted by molar-refractivity contribution is 7.89. The molecule has 1 heterocycles. The summed E-state index contributed by atoms with van der Waals surface area (Å²) >= 11 is 6.96. The van der Waals surface area contributed by atoms with Crippen molar-refractivity contribution in [2.24, 2.45) is 0 Å². The van der Waals surface area contributed by atoms with E-state index in [0.717, 1.165) is 11.3 Å². The largest absolute Gasteiger partial charge is 0.359 e. The summed E-state index contributed by atoms with van der Waals surface area (Å²) in [5.41, 5.74) is 0.652. The number of hydrogen-bond donors (Lipinski definition) is 0. The van der Waals surface area contributed by atoms with Crippen LogP contribution in [0.4, 0.5) is 4.39 Å². The second-order valence-corrected chi connectivity index (χ2v) is 8.57. The van der Waals surface area contributed by atoms with Gasteiger partial charge in [-0.1, -0.05) is 23.7 Å². The predicted octanol–water partition coefficient (Wildman–Crippen LogP) is 3.52. The zero-order valence-corrected chi connectivity index (χ0v) is 15.5.